The molecule has 162 valence electrons. The van der Waals surface area contributed by atoms with Gasteiger partial charge in [-0.05, 0) is 19.3 Å². The Morgan fingerprint density at radius 1 is 1.17 bits per heavy atom. The van der Waals surface area contributed by atoms with Crippen molar-refractivity contribution in [3.63, 3.8) is 0 Å². The Balaban J connectivity index is 1.86. The van der Waals surface area contributed by atoms with Crippen molar-refractivity contribution in [3.8, 4) is 0 Å². The molecular weight excluding hydrogens is 392 g/mol. The Morgan fingerprint density at radius 2 is 1.83 bits per heavy atom. The van der Waals surface area contributed by atoms with Crippen LogP contribution in [0, 0.1) is 0 Å². The number of hydrogen-bond donors (Lipinski definition) is 1. The van der Waals surface area contributed by atoms with Gasteiger partial charge in [0.25, 0.3) is 10.2 Å². The molecule has 1 amide bonds. The number of carbonyl (C=O) groups excluding carboxylic acids is 1. The first-order chi connectivity index (χ1) is 13.8. The van der Waals surface area contributed by atoms with Gasteiger partial charge in [-0.15, -0.1) is 0 Å². The number of hydrogen-bond acceptors (Lipinski definition) is 6. The van der Waals surface area contributed by atoms with Crippen molar-refractivity contribution in [2.24, 2.45) is 0 Å². The van der Waals surface area contributed by atoms with E-state index in [2.05, 4.69) is 5.32 Å². The molecule has 1 N–H and O–H groups in total. The van der Waals surface area contributed by atoms with Gasteiger partial charge in [0.2, 0.25) is 5.91 Å². The van der Waals surface area contributed by atoms with E-state index in [1.165, 1.54) is 8.61 Å². The molecular formula is C19H32N6O3S. The minimum absolute atomic E-state index is 0.1000. The van der Waals surface area contributed by atoms with E-state index in [9.17, 15) is 13.2 Å². The lowest BCUT2D eigenvalue weighted by Crippen LogP contribution is -2.46. The topological polar surface area (TPSA) is 98.7 Å². The monoisotopic (exact) mass is 424 g/mol. The van der Waals surface area contributed by atoms with E-state index in [1.54, 1.807) is 6.92 Å². The summed E-state index contributed by atoms with van der Waals surface area (Å²) in [6.45, 7) is 8.32. The van der Waals surface area contributed by atoms with E-state index in [1.807, 2.05) is 25.8 Å². The molecule has 10 heteroatoms. The largest absolute Gasteiger partial charge is 0.373 e. The van der Waals surface area contributed by atoms with Gasteiger partial charge in [-0.2, -0.15) is 17.0 Å². The van der Waals surface area contributed by atoms with Crippen molar-refractivity contribution in [3.05, 3.63) is 17.1 Å². The van der Waals surface area contributed by atoms with Gasteiger partial charge in [0, 0.05) is 58.2 Å². The number of carbonyl (C=O) groups is 1. The average Bonchev–Trinajstić information content (AvgIpc) is 2.73. The number of piperidine rings is 1. The molecule has 3 rings (SSSR count). The number of aromatic nitrogens is 2. The van der Waals surface area contributed by atoms with Crippen molar-refractivity contribution in [1.82, 2.24) is 23.5 Å². The number of fused-ring (bicyclic) bond motifs is 1. The third kappa shape index (κ3) is 4.39. The van der Waals surface area contributed by atoms with Gasteiger partial charge in [-0.1, -0.05) is 13.8 Å². The summed E-state index contributed by atoms with van der Waals surface area (Å²) in [6.07, 6.45) is 2.24. The fourth-order valence-electron chi connectivity index (χ4n) is 4.18. The highest BCUT2D eigenvalue weighted by molar-refractivity contribution is 7.86. The highest BCUT2D eigenvalue weighted by atomic mass is 32.2. The van der Waals surface area contributed by atoms with Gasteiger partial charge >= 0.3 is 0 Å². The molecule has 1 aromatic heterocycles. The van der Waals surface area contributed by atoms with E-state index < -0.39 is 10.2 Å². The zero-order valence-electron chi connectivity index (χ0n) is 17.8. The van der Waals surface area contributed by atoms with Crippen molar-refractivity contribution in [2.45, 2.75) is 52.5 Å². The molecule has 1 aromatic rings. The second kappa shape index (κ2) is 8.93. The average molecular weight is 425 g/mol. The maximum Gasteiger partial charge on any atom is 0.282 e. The van der Waals surface area contributed by atoms with Gasteiger partial charge in [0.05, 0.1) is 12.2 Å². The Hall–Kier alpha value is -1.78. The maximum absolute atomic E-state index is 13.0. The summed E-state index contributed by atoms with van der Waals surface area (Å²) in [5.41, 5.74) is 1.79. The van der Waals surface area contributed by atoms with Crippen LogP contribution < -0.4 is 5.32 Å². The van der Waals surface area contributed by atoms with E-state index in [-0.39, 0.29) is 18.4 Å². The van der Waals surface area contributed by atoms with E-state index in [0.717, 1.165) is 35.7 Å². The van der Waals surface area contributed by atoms with Crippen LogP contribution in [0.2, 0.25) is 0 Å². The van der Waals surface area contributed by atoms with E-state index in [0.29, 0.717) is 39.1 Å². The minimum Gasteiger partial charge on any atom is -0.373 e. The SMILES string of the molecule is CCN(CC)S(=O)(=O)N1CCc2c(nc(C3CCN(C(C)=O)CC3)nc2NC)C1. The zero-order chi connectivity index (χ0) is 21.2. The predicted molar refractivity (Wildman–Crippen MR) is 112 cm³/mol. The lowest BCUT2D eigenvalue weighted by Gasteiger charge is -2.34. The Kier molecular flexibility index (Phi) is 6.75. The summed E-state index contributed by atoms with van der Waals surface area (Å²) in [4.78, 5) is 23.0. The van der Waals surface area contributed by atoms with E-state index in [4.69, 9.17) is 9.97 Å². The summed E-state index contributed by atoms with van der Waals surface area (Å²) in [7, 11) is -1.66. The van der Waals surface area contributed by atoms with Crippen molar-refractivity contribution in [1.29, 1.82) is 0 Å². The van der Waals surface area contributed by atoms with Crippen LogP contribution >= 0.6 is 0 Å². The van der Waals surface area contributed by atoms with E-state index >= 15 is 0 Å². The smallest absolute Gasteiger partial charge is 0.282 e. The molecule has 3 heterocycles. The van der Waals surface area contributed by atoms with Crippen molar-refractivity contribution < 1.29 is 13.2 Å². The summed E-state index contributed by atoms with van der Waals surface area (Å²) < 4.78 is 28.9. The molecule has 2 aliphatic heterocycles. The number of rotatable bonds is 6. The fourth-order valence-corrected chi connectivity index (χ4v) is 5.76. The minimum atomic E-state index is -3.50. The second-order valence-corrected chi connectivity index (χ2v) is 9.49. The molecule has 0 spiro atoms. The van der Waals surface area contributed by atoms with Crippen LogP contribution in [0.5, 0.6) is 0 Å². The first-order valence-corrected chi connectivity index (χ1v) is 11.8. The summed E-state index contributed by atoms with van der Waals surface area (Å²) in [5.74, 6) is 1.82. The Labute approximate surface area is 173 Å². The van der Waals surface area contributed by atoms with Crippen LogP contribution in [-0.2, 0) is 28.0 Å². The summed E-state index contributed by atoms with van der Waals surface area (Å²) >= 11 is 0. The van der Waals surface area contributed by atoms with Crippen LogP contribution in [-0.4, -0.2) is 77.6 Å². The van der Waals surface area contributed by atoms with Crippen molar-refractivity contribution >= 4 is 21.9 Å². The summed E-state index contributed by atoms with van der Waals surface area (Å²) in [6, 6.07) is 0. The number of amides is 1. The molecule has 0 bridgehead atoms. The molecule has 9 nitrogen and oxygen atoms in total. The van der Waals surface area contributed by atoms with Crippen LogP contribution in [0.4, 0.5) is 5.82 Å². The molecule has 0 aromatic carbocycles. The molecule has 2 aliphatic rings. The van der Waals surface area contributed by atoms with Crippen LogP contribution in [0.15, 0.2) is 0 Å². The standard InChI is InChI=1S/C19H32N6O3S/c1-5-24(6-2)29(27,28)25-12-9-16-17(13-25)21-18(22-19(16)20-4)15-7-10-23(11-8-15)14(3)26/h15H,5-13H2,1-4H3,(H,20,21,22). The third-order valence-electron chi connectivity index (χ3n) is 5.95. The van der Waals surface area contributed by atoms with Gasteiger partial charge < -0.3 is 10.2 Å². The lowest BCUT2D eigenvalue weighted by atomic mass is 9.95. The maximum atomic E-state index is 13.0. The number of nitrogens with one attached hydrogen (secondary N) is 1. The first kappa shape index (κ1) is 21.9. The van der Waals surface area contributed by atoms with Gasteiger partial charge in [-0.25, -0.2) is 9.97 Å². The fraction of sp³-hybridized carbons (Fsp3) is 0.737. The number of likely N-dealkylation sites (tertiary alicyclic amines) is 1. The van der Waals surface area contributed by atoms with Gasteiger partial charge in [0.15, 0.2) is 0 Å². The normalized spacial score (nSPS) is 18.7. The Morgan fingerprint density at radius 3 is 2.38 bits per heavy atom. The Bertz CT molecular complexity index is 848. The van der Waals surface area contributed by atoms with Crippen LogP contribution in [0.3, 0.4) is 0 Å². The second-order valence-electron chi connectivity index (χ2n) is 7.56. The molecule has 1 fully saturated rings. The van der Waals surface area contributed by atoms with Crippen LogP contribution in [0.25, 0.3) is 0 Å². The van der Waals surface area contributed by atoms with Gasteiger partial charge in [0.1, 0.15) is 11.6 Å². The predicted octanol–water partition coefficient (Wildman–Crippen LogP) is 1.19. The van der Waals surface area contributed by atoms with Crippen LogP contribution in [0.1, 0.15) is 56.6 Å². The van der Waals surface area contributed by atoms with Crippen molar-refractivity contribution in [2.75, 3.05) is 45.1 Å². The third-order valence-corrected chi connectivity index (χ3v) is 8.08. The highest BCUT2D eigenvalue weighted by Gasteiger charge is 2.34. The molecule has 29 heavy (non-hydrogen) atoms. The summed E-state index contributed by atoms with van der Waals surface area (Å²) in [5, 5.41) is 3.17. The number of nitrogens with zero attached hydrogens (tertiary/aromatic N) is 5. The molecule has 0 saturated carbocycles. The zero-order valence-corrected chi connectivity index (χ0v) is 18.6. The number of anilines is 1. The molecule has 1 saturated heterocycles. The molecule has 0 unspecified atom stereocenters. The van der Waals surface area contributed by atoms with Gasteiger partial charge in [-0.3, -0.25) is 4.79 Å². The lowest BCUT2D eigenvalue weighted by molar-refractivity contribution is -0.129. The highest BCUT2D eigenvalue weighted by Crippen LogP contribution is 2.31. The molecule has 0 radical (unpaired) electrons. The quantitative estimate of drug-likeness (QED) is 0.737. The molecule has 0 atom stereocenters. The molecule has 0 aliphatic carbocycles. The first-order valence-electron chi connectivity index (χ1n) is 10.4.